The number of carbonyl (C=O) groups excluding carboxylic acids is 3. The van der Waals surface area contributed by atoms with Gasteiger partial charge in [0.15, 0.2) is 10.9 Å². The predicted molar refractivity (Wildman–Crippen MR) is 145 cm³/mol. The molecule has 3 aromatic rings. The van der Waals surface area contributed by atoms with Crippen molar-refractivity contribution < 1.29 is 19.5 Å². The highest BCUT2D eigenvalue weighted by atomic mass is 32.2. The van der Waals surface area contributed by atoms with Gasteiger partial charge in [-0.2, -0.15) is 0 Å². The van der Waals surface area contributed by atoms with Gasteiger partial charge in [-0.05, 0) is 62.4 Å². The Bertz CT molecular complexity index is 1470. The van der Waals surface area contributed by atoms with Crippen molar-refractivity contribution in [2.24, 2.45) is 10.2 Å². The number of nitrogens with zero attached hydrogens (tertiary/aromatic N) is 3. The molecule has 0 aromatic heterocycles. The number of anilines is 3. The van der Waals surface area contributed by atoms with Gasteiger partial charge in [-0.3, -0.25) is 19.3 Å². The van der Waals surface area contributed by atoms with Gasteiger partial charge >= 0.3 is 0 Å². The third-order valence-corrected chi connectivity index (χ3v) is 7.01. The Hall–Kier alpha value is -4.44. The second-order valence-electron chi connectivity index (χ2n) is 8.75. The summed E-state index contributed by atoms with van der Waals surface area (Å²) in [5.74, 6) is -0.997. The quantitative estimate of drug-likeness (QED) is 0.441. The monoisotopic (exact) mass is 513 g/mol. The lowest BCUT2D eigenvalue weighted by Gasteiger charge is -2.16. The van der Waals surface area contributed by atoms with Crippen molar-refractivity contribution in [2.75, 3.05) is 15.5 Å². The topological polar surface area (TPSA) is 123 Å². The van der Waals surface area contributed by atoms with Crippen LogP contribution in [0.5, 0.6) is 5.75 Å². The average Bonchev–Trinajstić information content (AvgIpc) is 3.34. The maximum Gasteiger partial charge on any atom is 0.276 e. The van der Waals surface area contributed by atoms with Gasteiger partial charge in [-0.15, -0.1) is 10.2 Å². The van der Waals surface area contributed by atoms with Gasteiger partial charge in [0, 0.05) is 17.7 Å². The van der Waals surface area contributed by atoms with Gasteiger partial charge < -0.3 is 15.7 Å². The smallest absolute Gasteiger partial charge is 0.276 e. The van der Waals surface area contributed by atoms with E-state index in [0.29, 0.717) is 22.6 Å². The molecule has 0 aliphatic carbocycles. The average molecular weight is 514 g/mol. The summed E-state index contributed by atoms with van der Waals surface area (Å²) in [4.78, 5) is 40.0. The van der Waals surface area contributed by atoms with E-state index < -0.39 is 5.25 Å². The number of amides is 3. The zero-order valence-electron chi connectivity index (χ0n) is 20.1. The fourth-order valence-corrected chi connectivity index (χ4v) is 5.07. The highest BCUT2D eigenvalue weighted by molar-refractivity contribution is 8.16. The number of fused-ring (bicyclic) bond motifs is 1. The van der Waals surface area contributed by atoms with Crippen molar-refractivity contribution >= 4 is 57.4 Å². The second-order valence-corrected chi connectivity index (χ2v) is 9.92. The molecular weight excluding hydrogens is 490 g/mol. The number of phenolic OH excluding ortho intramolecular Hbond substituents is 1. The molecule has 3 aromatic carbocycles. The van der Waals surface area contributed by atoms with E-state index in [1.54, 1.807) is 30.3 Å². The minimum Gasteiger partial charge on any atom is -0.508 e. The molecule has 2 aliphatic rings. The number of aromatic hydroxyl groups is 1. The molecular formula is C27H23N5O4S. The molecule has 2 aliphatic heterocycles. The number of nitrogens with one attached hydrogen (secondary N) is 2. The third-order valence-electron chi connectivity index (χ3n) is 5.88. The molecule has 5 rings (SSSR count). The van der Waals surface area contributed by atoms with Crippen molar-refractivity contribution in [3.05, 3.63) is 83.4 Å². The summed E-state index contributed by atoms with van der Waals surface area (Å²) in [6.45, 7) is 3.87. The summed E-state index contributed by atoms with van der Waals surface area (Å²) in [5, 5.41) is 23.3. The van der Waals surface area contributed by atoms with Gasteiger partial charge in [0.25, 0.3) is 5.91 Å². The second kappa shape index (κ2) is 9.90. The zero-order chi connectivity index (χ0) is 26.1. The molecule has 0 bridgehead atoms. The van der Waals surface area contributed by atoms with Crippen LogP contribution in [0.2, 0.25) is 0 Å². The lowest BCUT2D eigenvalue weighted by Crippen LogP contribution is -2.33. The van der Waals surface area contributed by atoms with E-state index in [1.807, 2.05) is 38.1 Å². The van der Waals surface area contributed by atoms with E-state index in [2.05, 4.69) is 20.8 Å². The number of phenols is 1. The summed E-state index contributed by atoms with van der Waals surface area (Å²) in [7, 11) is 0. The van der Waals surface area contributed by atoms with E-state index in [1.165, 1.54) is 17.0 Å². The number of carbonyl (C=O) groups is 3. The maximum absolute atomic E-state index is 13.4. The molecule has 186 valence electrons. The maximum atomic E-state index is 13.4. The molecule has 1 fully saturated rings. The van der Waals surface area contributed by atoms with Crippen molar-refractivity contribution in [3.8, 4) is 5.75 Å². The summed E-state index contributed by atoms with van der Waals surface area (Å²) in [6.07, 6.45) is -0.0793. The molecule has 3 amide bonds. The van der Waals surface area contributed by atoms with Crippen LogP contribution in [0.1, 0.15) is 23.1 Å². The van der Waals surface area contributed by atoms with Crippen LogP contribution < -0.4 is 15.5 Å². The molecule has 37 heavy (non-hydrogen) atoms. The number of thioether (sulfide) groups is 1. The van der Waals surface area contributed by atoms with Gasteiger partial charge in [0.1, 0.15) is 11.0 Å². The fraction of sp³-hybridized carbons (Fsp3) is 0.148. The van der Waals surface area contributed by atoms with Crippen LogP contribution in [0, 0.1) is 13.8 Å². The summed E-state index contributed by atoms with van der Waals surface area (Å²) < 4.78 is 0. The van der Waals surface area contributed by atoms with E-state index in [0.717, 1.165) is 22.9 Å². The first-order valence-corrected chi connectivity index (χ1v) is 12.4. The van der Waals surface area contributed by atoms with E-state index in [4.69, 9.17) is 0 Å². The van der Waals surface area contributed by atoms with Crippen molar-refractivity contribution in [1.82, 2.24) is 0 Å². The fourth-order valence-electron chi connectivity index (χ4n) is 3.98. The van der Waals surface area contributed by atoms with Crippen LogP contribution in [0.25, 0.3) is 0 Å². The summed E-state index contributed by atoms with van der Waals surface area (Å²) in [6, 6.07) is 19.0. The number of rotatable bonds is 5. The SMILES string of the molecule is Cc1ccc(NC(=O)CC2SC(=N/N=C3\C(=O)Nc4ccc(C)cc43)N(c3ccc(O)cc3)C2=O)cc1. The number of hydrogen-bond donors (Lipinski definition) is 3. The summed E-state index contributed by atoms with van der Waals surface area (Å²) in [5.41, 5.74) is 4.56. The minimum atomic E-state index is -0.745. The van der Waals surface area contributed by atoms with E-state index in [9.17, 15) is 19.5 Å². The Kier molecular flexibility index (Phi) is 6.49. The molecule has 0 saturated carbocycles. The molecule has 0 radical (unpaired) electrons. The predicted octanol–water partition coefficient (Wildman–Crippen LogP) is 4.20. The molecule has 2 heterocycles. The number of aryl methyl sites for hydroxylation is 2. The Morgan fingerprint density at radius 1 is 1.00 bits per heavy atom. The van der Waals surface area contributed by atoms with Gasteiger partial charge in [0.05, 0.1) is 11.4 Å². The van der Waals surface area contributed by atoms with Crippen LogP contribution in [0.15, 0.2) is 76.9 Å². The third kappa shape index (κ3) is 5.10. The first-order chi connectivity index (χ1) is 17.8. The standard InChI is InChI=1S/C27H23N5O4S/c1-15-3-6-17(7-4-15)28-23(34)14-22-26(36)32(18-8-10-19(33)11-9-18)27(37-22)31-30-24-20-13-16(2)5-12-21(20)29-25(24)35/h3-13,22,33H,14H2,1-2H3,(H,28,34)(H,29,30,35). The Balaban J connectivity index is 1.43. The molecule has 1 unspecified atom stereocenters. The van der Waals surface area contributed by atoms with Crippen molar-refractivity contribution in [2.45, 2.75) is 25.5 Å². The van der Waals surface area contributed by atoms with Crippen LogP contribution in [-0.4, -0.2) is 39.0 Å². The van der Waals surface area contributed by atoms with E-state index >= 15 is 0 Å². The lowest BCUT2D eigenvalue weighted by molar-refractivity contribution is -0.121. The Morgan fingerprint density at radius 3 is 2.43 bits per heavy atom. The number of hydrogen-bond acceptors (Lipinski definition) is 7. The van der Waals surface area contributed by atoms with Gasteiger partial charge in [0.2, 0.25) is 11.8 Å². The molecule has 10 heteroatoms. The first-order valence-electron chi connectivity index (χ1n) is 11.5. The minimum absolute atomic E-state index is 0.0467. The largest absolute Gasteiger partial charge is 0.508 e. The first kappa shape index (κ1) is 24.3. The lowest BCUT2D eigenvalue weighted by atomic mass is 10.1. The molecule has 1 saturated heterocycles. The van der Waals surface area contributed by atoms with Crippen LogP contribution in [0.4, 0.5) is 17.1 Å². The highest BCUT2D eigenvalue weighted by Crippen LogP contribution is 2.35. The number of amidine groups is 1. The Morgan fingerprint density at radius 2 is 1.70 bits per heavy atom. The molecule has 0 spiro atoms. The van der Waals surface area contributed by atoms with Gasteiger partial charge in [-0.25, -0.2) is 0 Å². The van der Waals surface area contributed by atoms with Gasteiger partial charge in [-0.1, -0.05) is 41.1 Å². The van der Waals surface area contributed by atoms with Crippen LogP contribution in [-0.2, 0) is 14.4 Å². The zero-order valence-corrected chi connectivity index (χ0v) is 20.9. The summed E-state index contributed by atoms with van der Waals surface area (Å²) >= 11 is 1.10. The van der Waals surface area contributed by atoms with Crippen molar-refractivity contribution in [1.29, 1.82) is 0 Å². The number of benzene rings is 3. The normalized spacial score (nSPS) is 18.9. The highest BCUT2D eigenvalue weighted by Gasteiger charge is 2.40. The molecule has 9 nitrogen and oxygen atoms in total. The Labute approximate surface area is 217 Å². The van der Waals surface area contributed by atoms with E-state index in [-0.39, 0.29) is 40.8 Å². The van der Waals surface area contributed by atoms with Crippen molar-refractivity contribution in [3.63, 3.8) is 0 Å². The van der Waals surface area contributed by atoms with Crippen LogP contribution in [0.3, 0.4) is 0 Å². The van der Waals surface area contributed by atoms with Crippen LogP contribution >= 0.6 is 11.8 Å². The molecule has 3 N–H and O–H groups in total. The molecule has 1 atom stereocenters.